The highest BCUT2D eigenvalue weighted by molar-refractivity contribution is 9.09. The Bertz CT molecular complexity index is 198. The van der Waals surface area contributed by atoms with Crippen molar-refractivity contribution >= 4 is 21.8 Å². The Morgan fingerprint density at radius 2 is 2.31 bits per heavy atom. The predicted octanol–water partition coefficient (Wildman–Crippen LogP) is 0.999. The average molecular weight is 250 g/mol. The van der Waals surface area contributed by atoms with E-state index < -0.39 is 6.10 Å². The lowest BCUT2D eigenvalue weighted by Crippen LogP contribution is -2.38. The number of alkyl halides is 1. The molecule has 1 N–H and O–H groups in total. The quantitative estimate of drug-likeness (QED) is 0.759. The molecule has 1 aliphatic heterocycles. The van der Waals surface area contributed by atoms with Crippen molar-refractivity contribution in [1.29, 1.82) is 0 Å². The van der Waals surface area contributed by atoms with Crippen LogP contribution in [-0.2, 0) is 4.79 Å². The third-order valence-electron chi connectivity index (χ3n) is 2.52. The molecule has 3 unspecified atom stereocenters. The second kappa shape index (κ2) is 4.42. The highest BCUT2D eigenvalue weighted by Crippen LogP contribution is 2.23. The summed E-state index contributed by atoms with van der Waals surface area (Å²) in [5, 5.41) is 9.93. The van der Waals surface area contributed by atoms with Crippen molar-refractivity contribution in [1.82, 2.24) is 4.90 Å². The van der Waals surface area contributed by atoms with Crippen LogP contribution in [0.2, 0.25) is 0 Å². The van der Waals surface area contributed by atoms with Gasteiger partial charge in [-0.3, -0.25) is 4.79 Å². The normalized spacial score (nSPS) is 31.1. The molecule has 0 aromatic carbocycles. The zero-order valence-corrected chi connectivity index (χ0v) is 9.62. The molecule has 1 saturated heterocycles. The van der Waals surface area contributed by atoms with Crippen molar-refractivity contribution in [3.05, 3.63) is 0 Å². The molecule has 1 aliphatic rings. The molecule has 1 heterocycles. The highest BCUT2D eigenvalue weighted by Gasteiger charge is 2.34. The molecule has 0 aliphatic carbocycles. The summed E-state index contributed by atoms with van der Waals surface area (Å²) in [5.74, 6) is 0.296. The summed E-state index contributed by atoms with van der Waals surface area (Å²) in [6.45, 7) is 4.43. The van der Waals surface area contributed by atoms with Crippen LogP contribution in [0.4, 0.5) is 0 Å². The average Bonchev–Trinajstić information content (AvgIpc) is 2.32. The molecular formula is C9H16BrNO2. The molecule has 0 radical (unpaired) electrons. The monoisotopic (exact) mass is 249 g/mol. The molecule has 0 saturated carbocycles. The molecule has 0 aromatic heterocycles. The Morgan fingerprint density at radius 1 is 1.69 bits per heavy atom. The Hall–Kier alpha value is -0.0900. The van der Waals surface area contributed by atoms with Crippen LogP contribution >= 0.6 is 15.9 Å². The van der Waals surface area contributed by atoms with E-state index in [2.05, 4.69) is 15.9 Å². The summed E-state index contributed by atoms with van der Waals surface area (Å²) in [6.07, 6.45) is 0.463. The first kappa shape index (κ1) is 11.0. The van der Waals surface area contributed by atoms with Gasteiger partial charge in [0.2, 0.25) is 5.91 Å². The van der Waals surface area contributed by atoms with Gasteiger partial charge in [-0.25, -0.2) is 0 Å². The summed E-state index contributed by atoms with van der Waals surface area (Å²) >= 11 is 3.19. The zero-order valence-electron chi connectivity index (χ0n) is 8.03. The van der Waals surface area contributed by atoms with E-state index in [0.29, 0.717) is 11.9 Å². The molecule has 1 rings (SSSR count). The molecule has 13 heavy (non-hydrogen) atoms. The maximum atomic E-state index is 11.6. The SMILES string of the molecule is CC1CC(C)N(CC(O)CBr)C1=O. The van der Waals surface area contributed by atoms with Gasteiger partial charge in [0.05, 0.1) is 6.10 Å². The van der Waals surface area contributed by atoms with E-state index in [-0.39, 0.29) is 17.9 Å². The van der Waals surface area contributed by atoms with E-state index in [0.717, 1.165) is 6.42 Å². The van der Waals surface area contributed by atoms with E-state index in [1.54, 1.807) is 4.90 Å². The molecule has 1 amide bonds. The van der Waals surface area contributed by atoms with Gasteiger partial charge < -0.3 is 10.0 Å². The maximum Gasteiger partial charge on any atom is 0.225 e. The summed E-state index contributed by atoms with van der Waals surface area (Å²) in [4.78, 5) is 13.3. The molecule has 0 aromatic rings. The summed E-state index contributed by atoms with van der Waals surface area (Å²) in [5.41, 5.74) is 0. The van der Waals surface area contributed by atoms with Crippen LogP contribution in [0.5, 0.6) is 0 Å². The largest absolute Gasteiger partial charge is 0.390 e. The van der Waals surface area contributed by atoms with Crippen LogP contribution in [0.15, 0.2) is 0 Å². The summed E-state index contributed by atoms with van der Waals surface area (Å²) < 4.78 is 0. The molecule has 3 atom stereocenters. The number of rotatable bonds is 3. The van der Waals surface area contributed by atoms with E-state index in [9.17, 15) is 9.90 Å². The van der Waals surface area contributed by atoms with E-state index in [1.165, 1.54) is 0 Å². The fraction of sp³-hybridized carbons (Fsp3) is 0.889. The van der Waals surface area contributed by atoms with Gasteiger partial charge in [0.15, 0.2) is 0 Å². The third kappa shape index (κ3) is 2.44. The lowest BCUT2D eigenvalue weighted by molar-refractivity contribution is -0.132. The second-order valence-corrected chi connectivity index (χ2v) is 4.43. The van der Waals surface area contributed by atoms with E-state index in [1.807, 2.05) is 13.8 Å². The number of likely N-dealkylation sites (tertiary alicyclic amines) is 1. The van der Waals surface area contributed by atoms with Gasteiger partial charge in [-0.05, 0) is 13.3 Å². The van der Waals surface area contributed by atoms with Crippen LogP contribution in [0.25, 0.3) is 0 Å². The van der Waals surface area contributed by atoms with Gasteiger partial charge >= 0.3 is 0 Å². The van der Waals surface area contributed by atoms with Crippen LogP contribution in [-0.4, -0.2) is 39.9 Å². The number of carbonyl (C=O) groups is 1. The lowest BCUT2D eigenvalue weighted by Gasteiger charge is -2.23. The Kier molecular flexibility index (Phi) is 3.74. The number of hydrogen-bond donors (Lipinski definition) is 1. The van der Waals surface area contributed by atoms with Crippen LogP contribution in [0, 0.1) is 5.92 Å². The molecular weight excluding hydrogens is 234 g/mol. The number of β-amino-alcohol motifs (C(OH)–C–C–N with tert-alkyl or cyclic N) is 1. The van der Waals surface area contributed by atoms with Crippen molar-refractivity contribution in [2.75, 3.05) is 11.9 Å². The number of nitrogens with zero attached hydrogens (tertiary/aromatic N) is 1. The van der Waals surface area contributed by atoms with Crippen LogP contribution in [0.3, 0.4) is 0 Å². The second-order valence-electron chi connectivity index (χ2n) is 3.78. The molecule has 76 valence electrons. The molecule has 3 nitrogen and oxygen atoms in total. The first-order chi connectivity index (χ1) is 6.06. The van der Waals surface area contributed by atoms with Gasteiger partial charge in [-0.2, -0.15) is 0 Å². The van der Waals surface area contributed by atoms with Gasteiger partial charge in [-0.1, -0.05) is 22.9 Å². The fourth-order valence-electron chi connectivity index (χ4n) is 1.79. The molecule has 0 bridgehead atoms. The van der Waals surface area contributed by atoms with Gasteiger partial charge in [-0.15, -0.1) is 0 Å². The topological polar surface area (TPSA) is 40.5 Å². The van der Waals surface area contributed by atoms with Gasteiger partial charge in [0.1, 0.15) is 0 Å². The lowest BCUT2D eigenvalue weighted by atomic mass is 10.1. The van der Waals surface area contributed by atoms with Crippen molar-refractivity contribution in [2.24, 2.45) is 5.92 Å². The van der Waals surface area contributed by atoms with Gasteiger partial charge in [0, 0.05) is 23.8 Å². The first-order valence-corrected chi connectivity index (χ1v) is 5.73. The minimum atomic E-state index is -0.448. The minimum absolute atomic E-state index is 0.123. The third-order valence-corrected chi connectivity index (χ3v) is 3.26. The number of aliphatic hydroxyl groups is 1. The number of halogens is 1. The Labute approximate surface area is 87.2 Å². The summed E-state index contributed by atoms with van der Waals surface area (Å²) in [7, 11) is 0. The predicted molar refractivity (Wildman–Crippen MR) is 54.8 cm³/mol. The summed E-state index contributed by atoms with van der Waals surface area (Å²) in [6, 6.07) is 0.274. The Morgan fingerprint density at radius 3 is 2.69 bits per heavy atom. The Balaban J connectivity index is 2.53. The number of amides is 1. The van der Waals surface area contributed by atoms with Crippen molar-refractivity contribution in [2.45, 2.75) is 32.4 Å². The molecule has 0 spiro atoms. The fourth-order valence-corrected chi connectivity index (χ4v) is 1.99. The zero-order chi connectivity index (χ0) is 10.0. The number of aliphatic hydroxyl groups excluding tert-OH is 1. The standard InChI is InChI=1S/C9H16BrNO2/c1-6-3-7(2)11(9(6)13)5-8(12)4-10/h6-8,12H,3-5H2,1-2H3. The van der Waals surface area contributed by atoms with Crippen LogP contribution in [0.1, 0.15) is 20.3 Å². The molecule has 4 heteroatoms. The van der Waals surface area contributed by atoms with Crippen LogP contribution < -0.4 is 0 Å². The minimum Gasteiger partial charge on any atom is -0.390 e. The number of carbonyl (C=O) groups excluding carboxylic acids is 1. The smallest absolute Gasteiger partial charge is 0.225 e. The highest BCUT2D eigenvalue weighted by atomic mass is 79.9. The first-order valence-electron chi connectivity index (χ1n) is 4.60. The van der Waals surface area contributed by atoms with Crippen molar-refractivity contribution < 1.29 is 9.90 Å². The maximum absolute atomic E-state index is 11.6. The van der Waals surface area contributed by atoms with E-state index >= 15 is 0 Å². The number of hydrogen-bond acceptors (Lipinski definition) is 2. The van der Waals surface area contributed by atoms with Crippen molar-refractivity contribution in [3.8, 4) is 0 Å². The van der Waals surface area contributed by atoms with Crippen molar-refractivity contribution in [3.63, 3.8) is 0 Å². The molecule has 1 fully saturated rings. The van der Waals surface area contributed by atoms with Gasteiger partial charge in [0.25, 0.3) is 0 Å². The van der Waals surface area contributed by atoms with E-state index in [4.69, 9.17) is 0 Å².